The number of nitrogens with zero attached hydrogens (tertiary/aromatic N) is 2. The Balaban J connectivity index is 1.57. The van der Waals surface area contributed by atoms with E-state index in [-0.39, 0.29) is 23.6 Å². The van der Waals surface area contributed by atoms with Crippen LogP contribution in [0.15, 0.2) is 35.3 Å². The van der Waals surface area contributed by atoms with Crippen molar-refractivity contribution < 1.29 is 4.79 Å². The summed E-state index contributed by atoms with van der Waals surface area (Å²) in [6.45, 7) is 0. The van der Waals surface area contributed by atoms with Crippen molar-refractivity contribution in [3.63, 3.8) is 0 Å². The molecule has 2 aromatic rings. The Morgan fingerprint density at radius 1 is 1.27 bits per heavy atom. The van der Waals surface area contributed by atoms with Gasteiger partial charge in [0.2, 0.25) is 0 Å². The molecule has 7 heteroatoms. The lowest BCUT2D eigenvalue weighted by atomic mass is 9.91. The van der Waals surface area contributed by atoms with Crippen LogP contribution >= 0.6 is 22.9 Å². The van der Waals surface area contributed by atoms with Gasteiger partial charge in [0.25, 0.3) is 11.5 Å². The molecule has 116 valence electrons. The number of aromatic nitrogens is 2. The molecule has 1 N–H and O–H groups in total. The lowest BCUT2D eigenvalue weighted by molar-refractivity contribution is 0.0925. The number of thiophene rings is 1. The third-order valence-corrected chi connectivity index (χ3v) is 5.15. The maximum Gasteiger partial charge on any atom is 0.266 e. The van der Waals surface area contributed by atoms with Crippen LogP contribution in [0.25, 0.3) is 0 Å². The first-order chi connectivity index (χ1) is 10.6. The number of nitrogens with one attached hydrogen (secondary N) is 1. The standard InChI is InChI=1S/C15H16ClN3O2S/c16-13-8-7-12(22-13)15(21)18-10-3-5-11(6-4-10)19-14(20)2-1-9-17-19/h1-2,7-11H,3-6H2,(H,18,21). The van der Waals surface area contributed by atoms with Gasteiger partial charge in [-0.3, -0.25) is 9.59 Å². The Kier molecular flexibility index (Phi) is 4.59. The minimum Gasteiger partial charge on any atom is -0.349 e. The Hall–Kier alpha value is -1.66. The molecule has 1 aliphatic carbocycles. The average molecular weight is 338 g/mol. The van der Waals surface area contributed by atoms with Crippen molar-refractivity contribution in [2.45, 2.75) is 37.8 Å². The summed E-state index contributed by atoms with van der Waals surface area (Å²) in [5.74, 6) is -0.0737. The first-order valence-corrected chi connectivity index (χ1v) is 8.43. The maximum absolute atomic E-state index is 12.1. The molecule has 0 spiro atoms. The SMILES string of the molecule is O=C(NC1CCC(n2ncccc2=O)CC1)c1ccc(Cl)s1. The third-order valence-electron chi connectivity index (χ3n) is 3.92. The molecule has 5 nitrogen and oxygen atoms in total. The van der Waals surface area contributed by atoms with E-state index < -0.39 is 0 Å². The maximum atomic E-state index is 12.1. The zero-order valence-corrected chi connectivity index (χ0v) is 13.4. The molecule has 0 unspecified atom stereocenters. The summed E-state index contributed by atoms with van der Waals surface area (Å²) < 4.78 is 2.17. The van der Waals surface area contributed by atoms with E-state index >= 15 is 0 Å². The number of halogens is 1. The van der Waals surface area contributed by atoms with E-state index in [1.807, 2.05) is 0 Å². The van der Waals surface area contributed by atoms with E-state index in [0.29, 0.717) is 9.21 Å². The van der Waals surface area contributed by atoms with Gasteiger partial charge in [-0.05, 0) is 43.9 Å². The van der Waals surface area contributed by atoms with Gasteiger partial charge in [0, 0.05) is 18.3 Å². The fourth-order valence-corrected chi connectivity index (χ4v) is 3.75. The molecule has 0 aromatic carbocycles. The summed E-state index contributed by atoms with van der Waals surface area (Å²) in [6, 6.07) is 6.91. The molecule has 0 bridgehead atoms. The van der Waals surface area contributed by atoms with Crippen LogP contribution in [0.1, 0.15) is 41.4 Å². The number of carbonyl (C=O) groups is 1. The summed E-state index contributed by atoms with van der Waals surface area (Å²) in [5, 5.41) is 7.18. The Morgan fingerprint density at radius 2 is 2.05 bits per heavy atom. The molecule has 0 aliphatic heterocycles. The number of carbonyl (C=O) groups excluding carboxylic acids is 1. The van der Waals surface area contributed by atoms with Crippen LogP contribution in [0.2, 0.25) is 4.34 Å². The second-order valence-corrected chi connectivity index (χ2v) is 7.10. The Labute approximate surface area is 136 Å². The highest BCUT2D eigenvalue weighted by Gasteiger charge is 2.25. The van der Waals surface area contributed by atoms with Crippen molar-refractivity contribution in [3.05, 3.63) is 50.0 Å². The van der Waals surface area contributed by atoms with E-state index in [1.54, 1.807) is 29.1 Å². The van der Waals surface area contributed by atoms with E-state index in [1.165, 1.54) is 17.4 Å². The molecule has 3 rings (SSSR count). The van der Waals surface area contributed by atoms with Gasteiger partial charge in [0.1, 0.15) is 0 Å². The molecule has 0 atom stereocenters. The van der Waals surface area contributed by atoms with Gasteiger partial charge in [0.05, 0.1) is 15.3 Å². The van der Waals surface area contributed by atoms with Gasteiger partial charge in [-0.15, -0.1) is 11.3 Å². The summed E-state index contributed by atoms with van der Waals surface area (Å²) in [6.07, 6.45) is 5.01. The molecular weight excluding hydrogens is 322 g/mol. The van der Waals surface area contributed by atoms with Gasteiger partial charge in [-0.2, -0.15) is 5.10 Å². The van der Waals surface area contributed by atoms with Crippen molar-refractivity contribution in [2.24, 2.45) is 0 Å². The first kappa shape index (κ1) is 15.2. The van der Waals surface area contributed by atoms with Crippen molar-refractivity contribution >= 4 is 28.8 Å². The molecule has 1 aliphatic rings. The zero-order valence-electron chi connectivity index (χ0n) is 11.9. The fourth-order valence-electron chi connectivity index (χ4n) is 2.80. The molecule has 0 saturated heterocycles. The van der Waals surface area contributed by atoms with Gasteiger partial charge < -0.3 is 5.32 Å². The second-order valence-electron chi connectivity index (χ2n) is 5.39. The smallest absolute Gasteiger partial charge is 0.266 e. The first-order valence-electron chi connectivity index (χ1n) is 7.23. The highest BCUT2D eigenvalue weighted by molar-refractivity contribution is 7.17. The Morgan fingerprint density at radius 3 is 2.68 bits per heavy atom. The molecule has 1 fully saturated rings. The summed E-state index contributed by atoms with van der Waals surface area (Å²) in [4.78, 5) is 24.5. The average Bonchev–Trinajstić information content (AvgIpc) is 2.95. The van der Waals surface area contributed by atoms with Gasteiger partial charge in [-0.1, -0.05) is 11.6 Å². The largest absolute Gasteiger partial charge is 0.349 e. The van der Waals surface area contributed by atoms with Crippen molar-refractivity contribution in [1.29, 1.82) is 0 Å². The summed E-state index contributed by atoms with van der Waals surface area (Å²) in [7, 11) is 0. The van der Waals surface area contributed by atoms with Crippen LogP contribution < -0.4 is 10.9 Å². The van der Waals surface area contributed by atoms with Crippen molar-refractivity contribution in [1.82, 2.24) is 15.1 Å². The molecular formula is C15H16ClN3O2S. The lowest BCUT2D eigenvalue weighted by Gasteiger charge is -2.29. The lowest BCUT2D eigenvalue weighted by Crippen LogP contribution is -2.39. The second kappa shape index (κ2) is 6.62. The van der Waals surface area contributed by atoms with Gasteiger partial charge in [0.15, 0.2) is 0 Å². The minimum absolute atomic E-state index is 0.0665. The summed E-state index contributed by atoms with van der Waals surface area (Å²) >= 11 is 7.13. The molecule has 22 heavy (non-hydrogen) atoms. The predicted octanol–water partition coefficient (Wildman–Crippen LogP) is 2.87. The highest BCUT2D eigenvalue weighted by atomic mass is 35.5. The monoisotopic (exact) mass is 337 g/mol. The molecule has 1 amide bonds. The van der Waals surface area contributed by atoms with E-state index in [0.717, 1.165) is 25.7 Å². The van der Waals surface area contributed by atoms with E-state index in [4.69, 9.17) is 11.6 Å². The van der Waals surface area contributed by atoms with Crippen molar-refractivity contribution in [3.8, 4) is 0 Å². The van der Waals surface area contributed by atoms with Gasteiger partial charge in [-0.25, -0.2) is 4.68 Å². The van der Waals surface area contributed by atoms with Crippen LogP contribution in [0.4, 0.5) is 0 Å². The zero-order chi connectivity index (χ0) is 15.5. The van der Waals surface area contributed by atoms with Crippen LogP contribution in [0.3, 0.4) is 0 Å². The van der Waals surface area contributed by atoms with E-state index in [9.17, 15) is 9.59 Å². The molecule has 0 radical (unpaired) electrons. The van der Waals surface area contributed by atoms with Gasteiger partial charge >= 0.3 is 0 Å². The quantitative estimate of drug-likeness (QED) is 0.936. The number of amides is 1. The molecule has 2 aromatic heterocycles. The molecule has 1 saturated carbocycles. The van der Waals surface area contributed by atoms with Crippen LogP contribution in [0.5, 0.6) is 0 Å². The topological polar surface area (TPSA) is 64.0 Å². The minimum atomic E-state index is -0.0737. The number of hydrogen-bond acceptors (Lipinski definition) is 4. The highest BCUT2D eigenvalue weighted by Crippen LogP contribution is 2.27. The van der Waals surface area contributed by atoms with Crippen LogP contribution in [-0.4, -0.2) is 21.7 Å². The third kappa shape index (κ3) is 3.39. The van der Waals surface area contributed by atoms with Crippen molar-refractivity contribution in [2.75, 3.05) is 0 Å². The Bertz CT molecular complexity index is 719. The van der Waals surface area contributed by atoms with Crippen LogP contribution in [-0.2, 0) is 0 Å². The molecule has 2 heterocycles. The van der Waals surface area contributed by atoms with E-state index in [2.05, 4.69) is 10.4 Å². The fraction of sp³-hybridized carbons (Fsp3) is 0.400. The predicted molar refractivity (Wildman–Crippen MR) is 86.6 cm³/mol. The number of rotatable bonds is 3. The normalized spacial score (nSPS) is 21.5. The van der Waals surface area contributed by atoms with Crippen LogP contribution in [0, 0.1) is 0 Å². The summed E-state index contributed by atoms with van der Waals surface area (Å²) in [5.41, 5.74) is -0.0665. The number of hydrogen-bond donors (Lipinski definition) is 1.